The third-order valence-electron chi connectivity index (χ3n) is 2.97. The minimum Gasteiger partial charge on any atom is -0.372 e. The van der Waals surface area contributed by atoms with Gasteiger partial charge >= 0.3 is 6.18 Å². The fourth-order valence-corrected chi connectivity index (χ4v) is 1.63. The molecule has 0 saturated carbocycles. The Balaban J connectivity index is 2.29. The molecule has 24 heavy (non-hydrogen) atoms. The highest BCUT2D eigenvalue weighted by Gasteiger charge is 2.27. The molecule has 0 heterocycles. The van der Waals surface area contributed by atoms with Crippen molar-refractivity contribution in [3.05, 3.63) is 29.8 Å². The Bertz CT molecular complexity index is 542. The van der Waals surface area contributed by atoms with Crippen LogP contribution >= 0.6 is 0 Å². The summed E-state index contributed by atoms with van der Waals surface area (Å²) >= 11 is 0. The van der Waals surface area contributed by atoms with Crippen LogP contribution in [0.5, 0.6) is 0 Å². The van der Waals surface area contributed by atoms with Crippen molar-refractivity contribution in [2.24, 2.45) is 5.92 Å². The molecule has 0 saturated heterocycles. The van der Waals surface area contributed by atoms with E-state index in [1.807, 2.05) is 0 Å². The largest absolute Gasteiger partial charge is 0.411 e. The molecule has 0 aromatic heterocycles. The highest BCUT2D eigenvalue weighted by Crippen LogP contribution is 2.14. The van der Waals surface area contributed by atoms with Crippen molar-refractivity contribution in [2.45, 2.75) is 33.0 Å². The minimum atomic E-state index is -4.39. The second-order valence-electron chi connectivity index (χ2n) is 5.54. The first kappa shape index (κ1) is 20.0. The van der Waals surface area contributed by atoms with Crippen molar-refractivity contribution in [3.63, 3.8) is 0 Å². The van der Waals surface area contributed by atoms with E-state index in [0.29, 0.717) is 5.69 Å². The van der Waals surface area contributed by atoms with E-state index in [1.54, 1.807) is 38.1 Å². The number of halogens is 3. The summed E-state index contributed by atoms with van der Waals surface area (Å²) < 4.78 is 39.9. The molecule has 1 aromatic carbocycles. The zero-order valence-electron chi connectivity index (χ0n) is 13.6. The summed E-state index contributed by atoms with van der Waals surface area (Å²) in [6.45, 7) is 2.18. The van der Waals surface area contributed by atoms with Gasteiger partial charge < -0.3 is 15.4 Å². The van der Waals surface area contributed by atoms with Gasteiger partial charge in [-0.25, -0.2) is 0 Å². The Kier molecular flexibility index (Phi) is 7.70. The SMILES string of the molecule is CC(C)C(=O)Nc1ccc(CNC(=O)CCOCC(F)(F)F)cc1. The Hall–Kier alpha value is -2.09. The summed E-state index contributed by atoms with van der Waals surface area (Å²) in [7, 11) is 0. The lowest BCUT2D eigenvalue weighted by atomic mass is 10.1. The number of carbonyl (C=O) groups is 2. The van der Waals surface area contributed by atoms with Gasteiger partial charge in [0.15, 0.2) is 0 Å². The van der Waals surface area contributed by atoms with Crippen LogP contribution in [0.4, 0.5) is 18.9 Å². The number of ether oxygens (including phenoxy) is 1. The van der Waals surface area contributed by atoms with Gasteiger partial charge in [-0.05, 0) is 17.7 Å². The predicted octanol–water partition coefficient (Wildman–Crippen LogP) is 2.87. The van der Waals surface area contributed by atoms with Crippen molar-refractivity contribution in [3.8, 4) is 0 Å². The normalized spacial score (nSPS) is 11.4. The van der Waals surface area contributed by atoms with E-state index in [9.17, 15) is 22.8 Å². The summed E-state index contributed by atoms with van der Waals surface area (Å²) in [6.07, 6.45) is -4.53. The monoisotopic (exact) mass is 346 g/mol. The second kappa shape index (κ2) is 9.27. The topological polar surface area (TPSA) is 67.4 Å². The van der Waals surface area contributed by atoms with E-state index in [4.69, 9.17) is 0 Å². The molecule has 0 aliphatic rings. The number of hydrogen-bond acceptors (Lipinski definition) is 3. The van der Waals surface area contributed by atoms with Gasteiger partial charge in [0.1, 0.15) is 6.61 Å². The molecule has 2 N–H and O–H groups in total. The van der Waals surface area contributed by atoms with Crippen LogP contribution in [0.1, 0.15) is 25.8 Å². The maximum absolute atomic E-state index is 11.9. The van der Waals surface area contributed by atoms with Crippen molar-refractivity contribution >= 4 is 17.5 Å². The van der Waals surface area contributed by atoms with E-state index in [2.05, 4.69) is 15.4 Å². The van der Waals surface area contributed by atoms with E-state index < -0.39 is 18.7 Å². The molecule has 8 heteroatoms. The molecule has 1 aromatic rings. The molecule has 2 amide bonds. The van der Waals surface area contributed by atoms with Crippen molar-refractivity contribution in [1.82, 2.24) is 5.32 Å². The van der Waals surface area contributed by atoms with Crippen LogP contribution in [0.3, 0.4) is 0 Å². The average Bonchev–Trinajstić information content (AvgIpc) is 2.50. The molecule has 0 aliphatic heterocycles. The zero-order valence-corrected chi connectivity index (χ0v) is 13.6. The van der Waals surface area contributed by atoms with Gasteiger partial charge in [-0.3, -0.25) is 9.59 Å². The smallest absolute Gasteiger partial charge is 0.372 e. The number of carbonyl (C=O) groups excluding carboxylic acids is 2. The Morgan fingerprint density at radius 2 is 1.79 bits per heavy atom. The first-order chi connectivity index (χ1) is 11.2. The van der Waals surface area contributed by atoms with Gasteiger partial charge in [-0.15, -0.1) is 0 Å². The third kappa shape index (κ3) is 8.52. The van der Waals surface area contributed by atoms with Gasteiger partial charge in [0.05, 0.1) is 6.61 Å². The lowest BCUT2D eigenvalue weighted by Crippen LogP contribution is -2.25. The van der Waals surface area contributed by atoms with Crippen LogP contribution in [-0.4, -0.2) is 31.2 Å². The fraction of sp³-hybridized carbons (Fsp3) is 0.500. The number of hydrogen-bond donors (Lipinski definition) is 2. The van der Waals surface area contributed by atoms with Gasteiger partial charge in [0.25, 0.3) is 0 Å². The van der Waals surface area contributed by atoms with Crippen molar-refractivity contribution in [2.75, 3.05) is 18.5 Å². The zero-order chi connectivity index (χ0) is 18.2. The van der Waals surface area contributed by atoms with E-state index >= 15 is 0 Å². The molecule has 134 valence electrons. The average molecular weight is 346 g/mol. The molecule has 0 unspecified atom stereocenters. The molecule has 0 fully saturated rings. The highest BCUT2D eigenvalue weighted by atomic mass is 19.4. The fourth-order valence-electron chi connectivity index (χ4n) is 1.63. The summed E-state index contributed by atoms with van der Waals surface area (Å²) in [6, 6.07) is 6.93. The molecular weight excluding hydrogens is 325 g/mol. The van der Waals surface area contributed by atoms with E-state index in [0.717, 1.165) is 5.56 Å². The third-order valence-corrected chi connectivity index (χ3v) is 2.97. The first-order valence-electron chi connectivity index (χ1n) is 7.48. The van der Waals surface area contributed by atoms with Crippen molar-refractivity contribution in [1.29, 1.82) is 0 Å². The maximum atomic E-state index is 11.9. The summed E-state index contributed by atoms with van der Waals surface area (Å²) in [5, 5.41) is 5.33. The lowest BCUT2D eigenvalue weighted by molar-refractivity contribution is -0.174. The first-order valence-corrected chi connectivity index (χ1v) is 7.48. The van der Waals surface area contributed by atoms with E-state index in [1.165, 1.54) is 0 Å². The Morgan fingerprint density at radius 1 is 1.17 bits per heavy atom. The quantitative estimate of drug-likeness (QED) is 0.711. The molecule has 0 radical (unpaired) electrons. The maximum Gasteiger partial charge on any atom is 0.411 e. The van der Waals surface area contributed by atoms with Crippen LogP contribution in [0.15, 0.2) is 24.3 Å². The summed E-state index contributed by atoms with van der Waals surface area (Å²) in [5.41, 5.74) is 1.46. The minimum absolute atomic E-state index is 0.0880. The molecule has 5 nitrogen and oxygen atoms in total. The van der Waals surface area contributed by atoms with Gasteiger partial charge in [0.2, 0.25) is 11.8 Å². The molecule has 0 aliphatic carbocycles. The van der Waals surface area contributed by atoms with Gasteiger partial charge in [-0.2, -0.15) is 13.2 Å². The Morgan fingerprint density at radius 3 is 2.33 bits per heavy atom. The van der Waals surface area contributed by atoms with Crippen LogP contribution in [0.2, 0.25) is 0 Å². The number of alkyl halides is 3. The number of benzene rings is 1. The molecular formula is C16H21F3N2O3. The summed E-state index contributed by atoms with van der Waals surface area (Å²) in [4.78, 5) is 23.0. The molecule has 0 atom stereocenters. The van der Waals surface area contributed by atoms with E-state index in [-0.39, 0.29) is 31.4 Å². The van der Waals surface area contributed by atoms with Crippen LogP contribution < -0.4 is 10.6 Å². The Labute approximate surface area is 138 Å². The van der Waals surface area contributed by atoms with Gasteiger partial charge in [-0.1, -0.05) is 26.0 Å². The van der Waals surface area contributed by atoms with Crippen molar-refractivity contribution < 1.29 is 27.5 Å². The number of nitrogens with one attached hydrogen (secondary N) is 2. The number of amides is 2. The molecule has 0 bridgehead atoms. The van der Waals surface area contributed by atoms with Crippen LogP contribution in [-0.2, 0) is 20.9 Å². The second-order valence-corrected chi connectivity index (χ2v) is 5.54. The molecule has 0 spiro atoms. The van der Waals surface area contributed by atoms with Crippen LogP contribution in [0.25, 0.3) is 0 Å². The van der Waals surface area contributed by atoms with Gasteiger partial charge in [0, 0.05) is 24.6 Å². The van der Waals surface area contributed by atoms with Crippen LogP contribution in [0, 0.1) is 5.92 Å². The summed E-state index contributed by atoms with van der Waals surface area (Å²) in [5.74, 6) is -0.604. The number of rotatable bonds is 8. The number of anilines is 1. The lowest BCUT2D eigenvalue weighted by Gasteiger charge is -2.10. The highest BCUT2D eigenvalue weighted by molar-refractivity contribution is 5.92. The molecule has 1 rings (SSSR count). The predicted molar refractivity (Wildman–Crippen MR) is 83.2 cm³/mol. The standard InChI is InChI=1S/C16H21F3N2O3/c1-11(2)15(23)21-13-5-3-12(4-6-13)9-20-14(22)7-8-24-10-16(17,18)19/h3-6,11H,7-10H2,1-2H3,(H,20,22)(H,21,23).